The molecule has 0 aromatic heterocycles. The molecule has 0 saturated heterocycles. The topological polar surface area (TPSA) is 44.4 Å². The second-order valence-electron chi connectivity index (χ2n) is 4.52. The molecule has 0 saturated carbocycles. The first-order valence-corrected chi connectivity index (χ1v) is 5.97. The van der Waals surface area contributed by atoms with Gasteiger partial charge in [-0.1, -0.05) is 12.1 Å². The lowest BCUT2D eigenvalue weighted by atomic mass is 10.1. The van der Waals surface area contributed by atoms with E-state index in [1.807, 2.05) is 38.2 Å². The summed E-state index contributed by atoms with van der Waals surface area (Å²) in [6.07, 6.45) is 0. The van der Waals surface area contributed by atoms with Crippen molar-refractivity contribution in [3.63, 3.8) is 0 Å². The molecule has 1 heterocycles. The molecule has 1 aromatic carbocycles. The number of benzene rings is 1. The van der Waals surface area contributed by atoms with Gasteiger partial charge in [0.1, 0.15) is 6.04 Å². The quantitative estimate of drug-likeness (QED) is 0.830. The van der Waals surface area contributed by atoms with Crippen molar-refractivity contribution in [2.75, 3.05) is 23.8 Å². The molecule has 0 spiro atoms. The average Bonchev–Trinajstić information content (AvgIpc) is 2.34. The van der Waals surface area contributed by atoms with Gasteiger partial charge in [0.25, 0.3) is 0 Å². The summed E-state index contributed by atoms with van der Waals surface area (Å²) in [4.78, 5) is 14.0. The normalized spacial score (nSPS) is 20.8. The van der Waals surface area contributed by atoms with Crippen molar-refractivity contribution < 1.29 is 4.79 Å². The molecule has 2 N–H and O–H groups in total. The number of hydrogen-bond donors (Lipinski definition) is 2. The van der Waals surface area contributed by atoms with Gasteiger partial charge in [-0.25, -0.2) is 0 Å². The number of nitrogens with one attached hydrogen (secondary N) is 2. The highest BCUT2D eigenvalue weighted by atomic mass is 16.2. The van der Waals surface area contributed by atoms with E-state index in [4.69, 9.17) is 0 Å². The van der Waals surface area contributed by atoms with Crippen LogP contribution in [0.4, 0.5) is 11.4 Å². The van der Waals surface area contributed by atoms with E-state index in [0.717, 1.165) is 17.9 Å². The van der Waals surface area contributed by atoms with Crippen molar-refractivity contribution >= 4 is 17.3 Å². The fraction of sp³-hybridized carbons (Fsp3) is 0.462. The Morgan fingerprint density at radius 3 is 2.88 bits per heavy atom. The highest BCUT2D eigenvalue weighted by Gasteiger charge is 2.29. The molecule has 4 heteroatoms. The molecule has 0 bridgehead atoms. The van der Waals surface area contributed by atoms with Crippen LogP contribution in [0.3, 0.4) is 0 Å². The summed E-state index contributed by atoms with van der Waals surface area (Å²) in [7, 11) is 1.94. The minimum Gasteiger partial charge on any atom is -0.357 e. The van der Waals surface area contributed by atoms with E-state index >= 15 is 0 Å². The number of fused-ring (bicyclic) bond motifs is 1. The van der Waals surface area contributed by atoms with Gasteiger partial charge in [-0.2, -0.15) is 0 Å². The van der Waals surface area contributed by atoms with Gasteiger partial charge in [0.15, 0.2) is 0 Å². The van der Waals surface area contributed by atoms with Crippen molar-refractivity contribution in [2.45, 2.75) is 25.9 Å². The van der Waals surface area contributed by atoms with Gasteiger partial charge in [0.05, 0.1) is 11.4 Å². The van der Waals surface area contributed by atoms with Crippen LogP contribution in [0, 0.1) is 0 Å². The van der Waals surface area contributed by atoms with Crippen LogP contribution in [-0.2, 0) is 4.79 Å². The van der Waals surface area contributed by atoms with Gasteiger partial charge in [0.2, 0.25) is 5.91 Å². The Morgan fingerprint density at radius 1 is 1.47 bits per heavy atom. The predicted molar refractivity (Wildman–Crippen MR) is 70.4 cm³/mol. The maximum atomic E-state index is 11.9. The van der Waals surface area contributed by atoms with E-state index in [0.29, 0.717) is 6.04 Å². The molecular formula is C13H19N3O. The number of nitrogens with zero attached hydrogens (tertiary/aromatic N) is 1. The number of anilines is 2. The lowest BCUT2D eigenvalue weighted by molar-refractivity contribution is -0.117. The first-order valence-electron chi connectivity index (χ1n) is 5.97. The molecule has 2 atom stereocenters. The third kappa shape index (κ3) is 2.26. The average molecular weight is 233 g/mol. The molecule has 17 heavy (non-hydrogen) atoms. The van der Waals surface area contributed by atoms with Crippen LogP contribution in [-0.4, -0.2) is 31.6 Å². The molecule has 4 nitrogen and oxygen atoms in total. The Labute approximate surface area is 102 Å². The Hall–Kier alpha value is -1.55. The molecule has 2 rings (SSSR count). The van der Waals surface area contributed by atoms with Gasteiger partial charge >= 0.3 is 0 Å². The molecule has 1 aromatic rings. The van der Waals surface area contributed by atoms with Crippen LogP contribution < -0.4 is 15.5 Å². The monoisotopic (exact) mass is 233 g/mol. The van der Waals surface area contributed by atoms with Crippen molar-refractivity contribution in [2.24, 2.45) is 0 Å². The standard InChI is InChI=1S/C13H19N3O/c1-9(14-3)8-16-10(2)13(17)15-11-6-4-5-7-12(11)16/h4-7,9-10,14H,8H2,1-3H3,(H,15,17). The number of para-hydroxylation sites is 2. The van der Waals surface area contributed by atoms with Crippen LogP contribution in [0.2, 0.25) is 0 Å². The third-order valence-corrected chi connectivity index (χ3v) is 3.28. The van der Waals surface area contributed by atoms with Crippen LogP contribution in [0.25, 0.3) is 0 Å². The largest absolute Gasteiger partial charge is 0.357 e. The first kappa shape index (κ1) is 11.9. The van der Waals surface area contributed by atoms with Crippen molar-refractivity contribution in [3.8, 4) is 0 Å². The smallest absolute Gasteiger partial charge is 0.246 e. The molecule has 1 aliphatic heterocycles. The zero-order valence-electron chi connectivity index (χ0n) is 10.5. The second-order valence-corrected chi connectivity index (χ2v) is 4.52. The summed E-state index contributed by atoms with van der Waals surface area (Å²) in [5.41, 5.74) is 2.00. The van der Waals surface area contributed by atoms with E-state index in [1.165, 1.54) is 0 Å². The van der Waals surface area contributed by atoms with Crippen LogP contribution >= 0.6 is 0 Å². The minimum absolute atomic E-state index is 0.0620. The Kier molecular flexibility index (Phi) is 3.33. The fourth-order valence-electron chi connectivity index (χ4n) is 2.06. The molecular weight excluding hydrogens is 214 g/mol. The van der Waals surface area contributed by atoms with Crippen LogP contribution in [0.15, 0.2) is 24.3 Å². The van der Waals surface area contributed by atoms with Gasteiger partial charge in [0, 0.05) is 12.6 Å². The van der Waals surface area contributed by atoms with Gasteiger partial charge < -0.3 is 15.5 Å². The summed E-state index contributed by atoms with van der Waals surface area (Å²) in [6.45, 7) is 4.87. The van der Waals surface area contributed by atoms with Crippen molar-refractivity contribution in [1.82, 2.24) is 5.32 Å². The number of amides is 1. The summed E-state index contributed by atoms with van der Waals surface area (Å²) >= 11 is 0. The van der Waals surface area contributed by atoms with E-state index in [-0.39, 0.29) is 11.9 Å². The molecule has 0 radical (unpaired) electrons. The molecule has 0 aliphatic carbocycles. The highest BCUT2D eigenvalue weighted by molar-refractivity contribution is 6.03. The summed E-state index contributed by atoms with van der Waals surface area (Å²) in [6, 6.07) is 8.15. The minimum atomic E-state index is -0.124. The van der Waals surface area contributed by atoms with E-state index in [2.05, 4.69) is 22.5 Å². The SMILES string of the molecule is CNC(C)CN1c2ccccc2NC(=O)C1C. The summed E-state index contributed by atoms with van der Waals surface area (Å²) in [5, 5.41) is 6.13. The molecule has 1 amide bonds. The van der Waals surface area contributed by atoms with Gasteiger partial charge in [-0.3, -0.25) is 4.79 Å². The second kappa shape index (κ2) is 4.75. The molecule has 0 fully saturated rings. The number of rotatable bonds is 3. The summed E-state index contributed by atoms with van der Waals surface area (Å²) < 4.78 is 0. The van der Waals surface area contributed by atoms with E-state index < -0.39 is 0 Å². The number of carbonyl (C=O) groups is 1. The lowest BCUT2D eigenvalue weighted by Gasteiger charge is -2.37. The van der Waals surface area contributed by atoms with Crippen molar-refractivity contribution in [1.29, 1.82) is 0 Å². The van der Waals surface area contributed by atoms with Gasteiger partial charge in [-0.05, 0) is 33.0 Å². The maximum absolute atomic E-state index is 11.9. The fourth-order valence-corrected chi connectivity index (χ4v) is 2.06. The first-order chi connectivity index (χ1) is 8.13. The lowest BCUT2D eigenvalue weighted by Crippen LogP contribution is -2.50. The zero-order valence-corrected chi connectivity index (χ0v) is 10.5. The Morgan fingerprint density at radius 2 is 2.18 bits per heavy atom. The molecule has 92 valence electrons. The van der Waals surface area contributed by atoms with Crippen molar-refractivity contribution in [3.05, 3.63) is 24.3 Å². The van der Waals surface area contributed by atoms with Crippen LogP contribution in [0.5, 0.6) is 0 Å². The van der Waals surface area contributed by atoms with Gasteiger partial charge in [-0.15, -0.1) is 0 Å². The Bertz CT molecular complexity index is 419. The highest BCUT2D eigenvalue weighted by Crippen LogP contribution is 2.31. The van der Waals surface area contributed by atoms with Crippen LogP contribution in [0.1, 0.15) is 13.8 Å². The zero-order chi connectivity index (χ0) is 12.4. The summed E-state index contributed by atoms with van der Waals surface area (Å²) in [5.74, 6) is 0.0620. The van der Waals surface area contributed by atoms with E-state index in [1.54, 1.807) is 0 Å². The number of hydrogen-bond acceptors (Lipinski definition) is 3. The molecule has 2 unspecified atom stereocenters. The predicted octanol–water partition coefficient (Wildman–Crippen LogP) is 1.44. The third-order valence-electron chi connectivity index (χ3n) is 3.28. The maximum Gasteiger partial charge on any atom is 0.246 e. The molecule has 1 aliphatic rings. The Balaban J connectivity index is 2.32. The number of likely N-dealkylation sites (N-methyl/N-ethyl adjacent to an activating group) is 1. The number of carbonyl (C=O) groups excluding carboxylic acids is 1. The van der Waals surface area contributed by atoms with E-state index in [9.17, 15) is 4.79 Å².